The van der Waals surface area contributed by atoms with Gasteiger partial charge in [0.2, 0.25) is 5.91 Å². The van der Waals surface area contributed by atoms with E-state index in [9.17, 15) is 9.59 Å². The highest BCUT2D eigenvalue weighted by Crippen LogP contribution is 2.39. The molecule has 1 aliphatic carbocycles. The Morgan fingerprint density at radius 1 is 1.56 bits per heavy atom. The lowest BCUT2D eigenvalue weighted by Gasteiger charge is -2.18. The number of halogens is 1. The van der Waals surface area contributed by atoms with E-state index < -0.39 is 5.91 Å². The lowest BCUT2D eigenvalue weighted by molar-refractivity contribution is -0.113. The first kappa shape index (κ1) is 13.5. The Hall–Kier alpha value is -0.880. The molecule has 0 radical (unpaired) electrons. The predicted octanol–water partition coefficient (Wildman–Crippen LogP) is 2.31. The van der Waals surface area contributed by atoms with Crippen molar-refractivity contribution in [2.45, 2.75) is 26.2 Å². The summed E-state index contributed by atoms with van der Waals surface area (Å²) in [5.74, 6) is 0.00711. The van der Waals surface area contributed by atoms with Crippen molar-refractivity contribution in [2.24, 2.45) is 11.7 Å². The molecule has 1 aromatic rings. The van der Waals surface area contributed by atoms with Gasteiger partial charge in [0.15, 0.2) is 0 Å². The second kappa shape index (κ2) is 5.40. The van der Waals surface area contributed by atoms with Crippen LogP contribution in [0.5, 0.6) is 0 Å². The van der Waals surface area contributed by atoms with E-state index >= 15 is 0 Å². The molecule has 1 atom stereocenters. The van der Waals surface area contributed by atoms with Crippen molar-refractivity contribution < 1.29 is 9.59 Å². The van der Waals surface area contributed by atoms with Gasteiger partial charge in [-0.15, -0.1) is 11.3 Å². The standard InChI is InChI=1S/C12H15BrN2O2S/c1-6-2-3-7-8(4-6)18-12(10(7)11(14)17)15-9(16)5-13/h6H,2-5H2,1H3,(H2,14,17)(H,15,16). The highest BCUT2D eigenvalue weighted by molar-refractivity contribution is 9.09. The first-order valence-electron chi connectivity index (χ1n) is 5.83. The molecule has 0 aromatic carbocycles. The normalized spacial score (nSPS) is 18.2. The average Bonchev–Trinajstić information content (AvgIpc) is 2.65. The number of fused-ring (bicyclic) bond motifs is 1. The summed E-state index contributed by atoms with van der Waals surface area (Å²) < 4.78 is 0. The summed E-state index contributed by atoms with van der Waals surface area (Å²) in [7, 11) is 0. The van der Waals surface area contributed by atoms with Crippen LogP contribution in [-0.2, 0) is 17.6 Å². The Balaban J connectivity index is 2.40. The molecule has 0 saturated carbocycles. The summed E-state index contributed by atoms with van der Waals surface area (Å²) in [6.07, 6.45) is 2.90. The van der Waals surface area contributed by atoms with Crippen molar-refractivity contribution in [1.29, 1.82) is 0 Å². The number of hydrogen-bond donors (Lipinski definition) is 2. The highest BCUT2D eigenvalue weighted by atomic mass is 79.9. The number of primary amides is 1. The van der Waals surface area contributed by atoms with E-state index in [1.807, 2.05) is 0 Å². The van der Waals surface area contributed by atoms with Gasteiger partial charge in [-0.05, 0) is 30.7 Å². The Bertz CT molecular complexity index is 499. The lowest BCUT2D eigenvalue weighted by Crippen LogP contribution is -2.19. The molecule has 0 saturated heterocycles. The van der Waals surface area contributed by atoms with Gasteiger partial charge in [0, 0.05) is 4.88 Å². The number of nitrogens with one attached hydrogen (secondary N) is 1. The molecule has 1 aromatic heterocycles. The molecule has 2 rings (SSSR count). The molecule has 0 bridgehead atoms. The Labute approximate surface area is 118 Å². The predicted molar refractivity (Wildman–Crippen MR) is 76.4 cm³/mol. The number of alkyl halides is 1. The molecule has 0 aliphatic heterocycles. The minimum atomic E-state index is -0.452. The van der Waals surface area contributed by atoms with Crippen LogP contribution < -0.4 is 11.1 Å². The van der Waals surface area contributed by atoms with Gasteiger partial charge >= 0.3 is 0 Å². The second-order valence-corrected chi connectivity index (χ2v) is 6.27. The van der Waals surface area contributed by atoms with E-state index in [2.05, 4.69) is 28.2 Å². The molecule has 0 fully saturated rings. The molecule has 3 N–H and O–H groups in total. The summed E-state index contributed by atoms with van der Waals surface area (Å²) in [5.41, 5.74) is 6.99. The number of amides is 2. The van der Waals surface area contributed by atoms with E-state index in [0.29, 0.717) is 16.5 Å². The van der Waals surface area contributed by atoms with E-state index in [0.717, 1.165) is 24.8 Å². The van der Waals surface area contributed by atoms with Gasteiger partial charge in [0.1, 0.15) is 5.00 Å². The molecule has 2 amide bonds. The molecule has 98 valence electrons. The maximum absolute atomic E-state index is 11.6. The summed E-state index contributed by atoms with van der Waals surface area (Å²) in [6.45, 7) is 2.20. The van der Waals surface area contributed by atoms with Gasteiger partial charge < -0.3 is 11.1 Å². The fourth-order valence-corrected chi connectivity index (χ4v) is 3.83. The first-order valence-corrected chi connectivity index (χ1v) is 7.76. The largest absolute Gasteiger partial charge is 0.365 e. The van der Waals surface area contributed by atoms with E-state index in [1.54, 1.807) is 0 Å². The third-order valence-electron chi connectivity index (χ3n) is 3.13. The zero-order chi connectivity index (χ0) is 13.3. The second-order valence-electron chi connectivity index (χ2n) is 4.60. The fraction of sp³-hybridized carbons (Fsp3) is 0.500. The Morgan fingerprint density at radius 3 is 2.89 bits per heavy atom. The van der Waals surface area contributed by atoms with Crippen molar-refractivity contribution >= 4 is 44.1 Å². The van der Waals surface area contributed by atoms with Crippen LogP contribution in [0.15, 0.2) is 0 Å². The maximum atomic E-state index is 11.6. The minimum absolute atomic E-state index is 0.163. The van der Waals surface area contributed by atoms with Crippen LogP contribution >= 0.6 is 27.3 Å². The minimum Gasteiger partial charge on any atom is -0.365 e. The SMILES string of the molecule is CC1CCc2c(sc(NC(=O)CBr)c2C(N)=O)C1. The quantitative estimate of drug-likeness (QED) is 0.834. The van der Waals surface area contributed by atoms with E-state index in [1.165, 1.54) is 16.2 Å². The lowest BCUT2D eigenvalue weighted by atomic mass is 9.88. The molecular weight excluding hydrogens is 316 g/mol. The molecule has 1 aliphatic rings. The number of nitrogens with two attached hydrogens (primary N) is 1. The van der Waals surface area contributed by atoms with Crippen molar-refractivity contribution in [3.8, 4) is 0 Å². The zero-order valence-corrected chi connectivity index (χ0v) is 12.5. The van der Waals surface area contributed by atoms with Gasteiger partial charge in [-0.3, -0.25) is 9.59 Å². The number of hydrogen-bond acceptors (Lipinski definition) is 3. The molecule has 6 heteroatoms. The Morgan fingerprint density at radius 2 is 2.28 bits per heavy atom. The number of carbonyl (C=O) groups is 2. The summed E-state index contributed by atoms with van der Waals surface area (Å²) in [6, 6.07) is 0. The van der Waals surface area contributed by atoms with Gasteiger partial charge in [0.25, 0.3) is 5.91 Å². The van der Waals surface area contributed by atoms with Gasteiger partial charge in [-0.25, -0.2) is 0 Å². The van der Waals surface area contributed by atoms with Crippen molar-refractivity contribution in [3.63, 3.8) is 0 Å². The van der Waals surface area contributed by atoms with Gasteiger partial charge in [-0.2, -0.15) is 0 Å². The summed E-state index contributed by atoms with van der Waals surface area (Å²) in [5, 5.41) is 3.56. The number of rotatable bonds is 3. The van der Waals surface area contributed by atoms with Crippen LogP contribution in [0.3, 0.4) is 0 Å². The molecule has 4 nitrogen and oxygen atoms in total. The van der Waals surface area contributed by atoms with Crippen molar-refractivity contribution in [2.75, 3.05) is 10.6 Å². The third-order valence-corrected chi connectivity index (χ3v) is 4.81. The van der Waals surface area contributed by atoms with Crippen LogP contribution in [-0.4, -0.2) is 17.1 Å². The number of carbonyl (C=O) groups excluding carboxylic acids is 2. The Kier molecular flexibility index (Phi) is 4.07. The van der Waals surface area contributed by atoms with Crippen LogP contribution in [0.4, 0.5) is 5.00 Å². The fourth-order valence-electron chi connectivity index (χ4n) is 2.26. The van der Waals surface area contributed by atoms with E-state index in [4.69, 9.17) is 5.73 Å². The molecule has 18 heavy (non-hydrogen) atoms. The smallest absolute Gasteiger partial charge is 0.251 e. The number of anilines is 1. The molecule has 1 unspecified atom stereocenters. The highest BCUT2D eigenvalue weighted by Gasteiger charge is 2.26. The van der Waals surface area contributed by atoms with Crippen molar-refractivity contribution in [3.05, 3.63) is 16.0 Å². The molecular formula is C12H15BrN2O2S. The van der Waals surface area contributed by atoms with E-state index in [-0.39, 0.29) is 11.2 Å². The maximum Gasteiger partial charge on any atom is 0.251 e. The third kappa shape index (κ3) is 2.59. The van der Waals surface area contributed by atoms with Crippen LogP contribution in [0.1, 0.15) is 34.1 Å². The van der Waals surface area contributed by atoms with Gasteiger partial charge in [-0.1, -0.05) is 22.9 Å². The zero-order valence-electron chi connectivity index (χ0n) is 10.1. The average molecular weight is 331 g/mol. The number of thiophene rings is 1. The monoisotopic (exact) mass is 330 g/mol. The summed E-state index contributed by atoms with van der Waals surface area (Å²) in [4.78, 5) is 24.2. The topological polar surface area (TPSA) is 72.2 Å². The van der Waals surface area contributed by atoms with Crippen LogP contribution in [0.2, 0.25) is 0 Å². The van der Waals surface area contributed by atoms with Crippen LogP contribution in [0.25, 0.3) is 0 Å². The molecule has 0 spiro atoms. The van der Waals surface area contributed by atoms with Crippen LogP contribution in [0, 0.1) is 5.92 Å². The van der Waals surface area contributed by atoms with Crippen molar-refractivity contribution in [1.82, 2.24) is 0 Å². The summed E-state index contributed by atoms with van der Waals surface area (Å²) >= 11 is 4.58. The molecule has 1 heterocycles. The van der Waals surface area contributed by atoms with Gasteiger partial charge in [0.05, 0.1) is 10.9 Å². The first-order chi connectivity index (χ1) is 8.52.